The Morgan fingerprint density at radius 1 is 1.38 bits per heavy atom. The Bertz CT molecular complexity index is 684. The number of hydrogen-bond donors (Lipinski definition) is 0. The van der Waals surface area contributed by atoms with Gasteiger partial charge in [-0.1, -0.05) is 30.3 Å². The van der Waals surface area contributed by atoms with Crippen LogP contribution in [0, 0.1) is 0 Å². The Labute approximate surface area is 128 Å². The summed E-state index contributed by atoms with van der Waals surface area (Å²) >= 11 is 6.09. The van der Waals surface area contributed by atoms with Crippen LogP contribution in [0.15, 0.2) is 55.3 Å². The van der Waals surface area contributed by atoms with E-state index >= 15 is 0 Å². The van der Waals surface area contributed by atoms with Crippen molar-refractivity contribution < 1.29 is 4.79 Å². The number of pyridine rings is 1. The highest BCUT2D eigenvalue weighted by atomic mass is 35.5. The minimum Gasteiger partial charge on any atom is -0.334 e. The summed E-state index contributed by atoms with van der Waals surface area (Å²) in [6.07, 6.45) is 3.13. The van der Waals surface area contributed by atoms with E-state index in [0.29, 0.717) is 18.1 Å². The highest BCUT2D eigenvalue weighted by molar-refractivity contribution is 6.30. The summed E-state index contributed by atoms with van der Waals surface area (Å²) in [7, 11) is 0. The predicted octanol–water partition coefficient (Wildman–Crippen LogP) is 3.40. The molecule has 0 N–H and O–H groups in total. The molecule has 0 saturated carbocycles. The first-order valence-electron chi connectivity index (χ1n) is 6.79. The molecule has 3 rings (SSSR count). The molecule has 106 valence electrons. The van der Waals surface area contributed by atoms with Gasteiger partial charge >= 0.3 is 0 Å². The highest BCUT2D eigenvalue weighted by Crippen LogP contribution is 2.34. The van der Waals surface area contributed by atoms with E-state index in [1.807, 2.05) is 36.4 Å². The van der Waals surface area contributed by atoms with Crippen LogP contribution in [0.3, 0.4) is 0 Å². The summed E-state index contributed by atoms with van der Waals surface area (Å²) in [4.78, 5) is 18.2. The number of carbonyl (C=O) groups is 1. The first kappa shape index (κ1) is 13.8. The van der Waals surface area contributed by atoms with Gasteiger partial charge in [-0.2, -0.15) is 0 Å². The summed E-state index contributed by atoms with van der Waals surface area (Å²) < 4.78 is 0. The number of benzene rings is 1. The molecule has 0 spiro atoms. The predicted molar refractivity (Wildman–Crippen MR) is 83.1 cm³/mol. The van der Waals surface area contributed by atoms with Crippen molar-refractivity contribution in [3.63, 3.8) is 0 Å². The zero-order valence-corrected chi connectivity index (χ0v) is 12.3. The summed E-state index contributed by atoms with van der Waals surface area (Å²) in [5, 5.41) is 0.682. The summed E-state index contributed by atoms with van der Waals surface area (Å²) in [6, 6.07) is 11.7. The van der Waals surface area contributed by atoms with Crippen LogP contribution in [-0.2, 0) is 11.3 Å². The number of rotatable bonds is 2. The minimum absolute atomic E-state index is 0.0658. The molecule has 4 heteroatoms. The lowest BCUT2D eigenvalue weighted by Gasteiger charge is -2.34. The zero-order valence-electron chi connectivity index (χ0n) is 11.5. The van der Waals surface area contributed by atoms with Crippen LogP contribution in [-0.4, -0.2) is 22.3 Å². The van der Waals surface area contributed by atoms with Gasteiger partial charge in [-0.3, -0.25) is 9.78 Å². The second kappa shape index (κ2) is 5.70. The molecule has 1 aromatic heterocycles. The lowest BCUT2D eigenvalue weighted by atomic mass is 9.87. The smallest absolute Gasteiger partial charge is 0.246 e. The molecular weight excluding hydrogens is 284 g/mol. The molecule has 1 unspecified atom stereocenters. The number of carbonyl (C=O) groups excluding carboxylic acids is 1. The molecule has 1 atom stereocenters. The quantitative estimate of drug-likeness (QED) is 0.796. The van der Waals surface area contributed by atoms with Crippen LogP contribution in [0.2, 0.25) is 5.02 Å². The minimum atomic E-state index is -0.0680. The number of amides is 1. The number of fused-ring (bicyclic) bond motifs is 1. The maximum atomic E-state index is 12.0. The van der Waals surface area contributed by atoms with Crippen LogP contribution in [0.1, 0.15) is 22.7 Å². The molecule has 0 fully saturated rings. The van der Waals surface area contributed by atoms with E-state index in [0.717, 1.165) is 11.3 Å². The molecule has 0 saturated heterocycles. The molecule has 0 radical (unpaired) electrons. The molecular formula is C17H15ClN2O. The van der Waals surface area contributed by atoms with Gasteiger partial charge in [0.2, 0.25) is 5.91 Å². The maximum Gasteiger partial charge on any atom is 0.246 e. The summed E-state index contributed by atoms with van der Waals surface area (Å²) in [5.41, 5.74) is 3.22. The number of aromatic nitrogens is 1. The molecule has 3 nitrogen and oxygen atoms in total. The van der Waals surface area contributed by atoms with Gasteiger partial charge in [-0.05, 0) is 41.5 Å². The maximum absolute atomic E-state index is 12.0. The van der Waals surface area contributed by atoms with Crippen LogP contribution in [0.25, 0.3) is 0 Å². The SMILES string of the molecule is C=CC(=O)N1Cc2cc(Cl)ccc2C(c2ccccn2)C1. The topological polar surface area (TPSA) is 33.2 Å². The number of halogens is 1. The third kappa shape index (κ3) is 2.69. The Balaban J connectivity index is 2.07. The standard InChI is InChI=1S/C17H15ClN2O/c1-2-17(21)20-10-12-9-13(18)6-7-14(12)15(11-20)16-5-3-4-8-19-16/h2-9,15H,1,10-11H2. The van der Waals surface area contributed by atoms with E-state index in [9.17, 15) is 4.79 Å². The van der Waals surface area contributed by atoms with E-state index in [-0.39, 0.29) is 11.8 Å². The van der Waals surface area contributed by atoms with E-state index in [1.165, 1.54) is 11.6 Å². The first-order chi connectivity index (χ1) is 10.2. The van der Waals surface area contributed by atoms with Gasteiger partial charge in [0.15, 0.2) is 0 Å². The molecule has 2 aromatic rings. The normalized spacial score (nSPS) is 17.2. The van der Waals surface area contributed by atoms with Gasteiger partial charge < -0.3 is 4.90 Å². The monoisotopic (exact) mass is 298 g/mol. The van der Waals surface area contributed by atoms with Crippen LogP contribution in [0.5, 0.6) is 0 Å². The fraction of sp³-hybridized carbons (Fsp3) is 0.176. The van der Waals surface area contributed by atoms with Crippen LogP contribution < -0.4 is 0 Å². The third-order valence-corrected chi connectivity index (χ3v) is 4.01. The average Bonchev–Trinajstić information content (AvgIpc) is 2.53. The molecule has 1 aromatic carbocycles. The van der Waals surface area contributed by atoms with Gasteiger partial charge in [0.1, 0.15) is 0 Å². The van der Waals surface area contributed by atoms with Crippen molar-refractivity contribution in [3.8, 4) is 0 Å². The second-order valence-electron chi connectivity index (χ2n) is 5.07. The van der Waals surface area contributed by atoms with Crippen molar-refractivity contribution in [2.24, 2.45) is 0 Å². The molecule has 21 heavy (non-hydrogen) atoms. The Kier molecular flexibility index (Phi) is 3.76. The molecule has 0 bridgehead atoms. The number of nitrogens with zero attached hydrogens (tertiary/aromatic N) is 2. The fourth-order valence-corrected chi connectivity index (χ4v) is 2.97. The van der Waals surface area contributed by atoms with E-state index in [4.69, 9.17) is 11.6 Å². The average molecular weight is 299 g/mol. The van der Waals surface area contributed by atoms with E-state index < -0.39 is 0 Å². The lowest BCUT2D eigenvalue weighted by Crippen LogP contribution is -2.37. The van der Waals surface area contributed by atoms with Gasteiger partial charge in [-0.25, -0.2) is 0 Å². The van der Waals surface area contributed by atoms with Crippen molar-refractivity contribution in [3.05, 3.63) is 77.1 Å². The van der Waals surface area contributed by atoms with Crippen LogP contribution >= 0.6 is 11.6 Å². The molecule has 0 aliphatic carbocycles. The van der Waals surface area contributed by atoms with Crippen molar-refractivity contribution in [1.29, 1.82) is 0 Å². The third-order valence-electron chi connectivity index (χ3n) is 3.78. The Morgan fingerprint density at radius 2 is 2.24 bits per heavy atom. The van der Waals surface area contributed by atoms with Gasteiger partial charge in [0.05, 0.1) is 0 Å². The largest absolute Gasteiger partial charge is 0.334 e. The molecule has 1 aliphatic rings. The lowest BCUT2D eigenvalue weighted by molar-refractivity contribution is -0.127. The Morgan fingerprint density at radius 3 is 2.95 bits per heavy atom. The zero-order chi connectivity index (χ0) is 14.8. The van der Waals surface area contributed by atoms with Crippen LogP contribution in [0.4, 0.5) is 0 Å². The van der Waals surface area contributed by atoms with Crippen molar-refractivity contribution >= 4 is 17.5 Å². The highest BCUT2D eigenvalue weighted by Gasteiger charge is 2.29. The first-order valence-corrected chi connectivity index (χ1v) is 7.17. The number of hydrogen-bond acceptors (Lipinski definition) is 2. The van der Waals surface area contributed by atoms with Gasteiger partial charge in [-0.15, -0.1) is 0 Å². The van der Waals surface area contributed by atoms with Crippen molar-refractivity contribution in [2.75, 3.05) is 6.54 Å². The summed E-state index contributed by atoms with van der Waals surface area (Å²) in [6.45, 7) is 4.74. The van der Waals surface area contributed by atoms with E-state index in [1.54, 1.807) is 11.1 Å². The second-order valence-corrected chi connectivity index (χ2v) is 5.51. The van der Waals surface area contributed by atoms with Gasteiger partial charge in [0.25, 0.3) is 0 Å². The summed E-state index contributed by atoms with van der Waals surface area (Å²) in [5.74, 6) is -0.00215. The van der Waals surface area contributed by atoms with Gasteiger partial charge in [0, 0.05) is 35.9 Å². The van der Waals surface area contributed by atoms with E-state index in [2.05, 4.69) is 11.6 Å². The van der Waals surface area contributed by atoms with Crippen molar-refractivity contribution in [1.82, 2.24) is 9.88 Å². The fourth-order valence-electron chi connectivity index (χ4n) is 2.77. The molecule has 1 aliphatic heterocycles. The Hall–Kier alpha value is -2.13. The molecule has 1 amide bonds. The van der Waals surface area contributed by atoms with Crippen molar-refractivity contribution in [2.45, 2.75) is 12.5 Å². The molecule has 2 heterocycles.